The van der Waals surface area contributed by atoms with Gasteiger partial charge in [-0.15, -0.1) is 0 Å². The molecule has 0 N–H and O–H groups in total. The van der Waals surface area contributed by atoms with Gasteiger partial charge in [0.15, 0.2) is 0 Å². The molecule has 1 aliphatic heterocycles. The van der Waals surface area contributed by atoms with Crippen LogP contribution in [-0.4, -0.2) is 48.1 Å². The van der Waals surface area contributed by atoms with Crippen LogP contribution in [-0.2, 0) is 18.3 Å². The minimum Gasteiger partial charge on any atom is -0.496 e. The van der Waals surface area contributed by atoms with Crippen molar-refractivity contribution < 1.29 is 9.47 Å². The summed E-state index contributed by atoms with van der Waals surface area (Å²) in [5.41, 5.74) is 3.52. The third kappa shape index (κ3) is 3.74. The molecule has 0 saturated carbocycles. The molecule has 1 aliphatic rings. The first-order chi connectivity index (χ1) is 11.2. The van der Waals surface area contributed by atoms with Crippen molar-refractivity contribution in [1.82, 2.24) is 14.7 Å². The minimum absolute atomic E-state index is 0.344. The zero-order valence-corrected chi connectivity index (χ0v) is 14.2. The predicted molar refractivity (Wildman–Crippen MR) is 90.5 cm³/mol. The van der Waals surface area contributed by atoms with Crippen LogP contribution in [0.5, 0.6) is 5.75 Å². The quantitative estimate of drug-likeness (QED) is 0.850. The van der Waals surface area contributed by atoms with Crippen molar-refractivity contribution in [2.75, 3.05) is 27.3 Å². The van der Waals surface area contributed by atoms with Gasteiger partial charge in [-0.05, 0) is 37.1 Å². The molecule has 1 aromatic carbocycles. The van der Waals surface area contributed by atoms with Gasteiger partial charge < -0.3 is 9.47 Å². The molecular weight excluding hydrogens is 290 g/mol. The Morgan fingerprint density at radius 1 is 1.26 bits per heavy atom. The first-order valence-electron chi connectivity index (χ1n) is 8.10. The lowest BCUT2D eigenvalue weighted by Gasteiger charge is -2.32. The zero-order chi connectivity index (χ0) is 16.2. The molecule has 5 heteroatoms. The number of nitrogens with zero attached hydrogens (tertiary/aromatic N) is 3. The van der Waals surface area contributed by atoms with Gasteiger partial charge in [-0.25, -0.2) is 0 Å². The lowest BCUT2D eigenvalue weighted by molar-refractivity contribution is 0.0283. The number of ether oxygens (including phenoxy) is 2. The fourth-order valence-electron chi connectivity index (χ4n) is 3.24. The highest BCUT2D eigenvalue weighted by atomic mass is 16.5. The molecule has 1 saturated heterocycles. The molecule has 124 valence electrons. The van der Waals surface area contributed by atoms with Crippen molar-refractivity contribution in [3.63, 3.8) is 0 Å². The Labute approximate surface area is 137 Å². The molecular formula is C18H25N3O2. The van der Waals surface area contributed by atoms with E-state index >= 15 is 0 Å². The summed E-state index contributed by atoms with van der Waals surface area (Å²) in [4.78, 5) is 2.45. The highest BCUT2D eigenvalue weighted by molar-refractivity contribution is 5.64. The van der Waals surface area contributed by atoms with E-state index in [1.807, 2.05) is 24.1 Å². The van der Waals surface area contributed by atoms with Crippen LogP contribution in [0.2, 0.25) is 0 Å². The van der Waals surface area contributed by atoms with Crippen LogP contribution in [0.3, 0.4) is 0 Å². The molecule has 5 nitrogen and oxygen atoms in total. The third-order valence-electron chi connectivity index (χ3n) is 4.51. The molecule has 1 aromatic heterocycles. The normalized spacial score (nSPS) is 19.0. The number of likely N-dealkylation sites (tertiary alicyclic amines) is 1. The number of aromatic nitrogens is 2. The fraction of sp³-hybridized carbons (Fsp3) is 0.500. The van der Waals surface area contributed by atoms with Gasteiger partial charge in [-0.3, -0.25) is 9.58 Å². The average molecular weight is 315 g/mol. The molecule has 0 amide bonds. The van der Waals surface area contributed by atoms with Crippen LogP contribution >= 0.6 is 0 Å². The molecule has 3 rings (SSSR count). The van der Waals surface area contributed by atoms with Crippen molar-refractivity contribution in [3.05, 3.63) is 36.2 Å². The number of rotatable bonds is 5. The molecule has 1 atom stereocenters. The van der Waals surface area contributed by atoms with E-state index in [1.54, 1.807) is 14.2 Å². The van der Waals surface area contributed by atoms with Crippen LogP contribution < -0.4 is 4.74 Å². The van der Waals surface area contributed by atoms with Gasteiger partial charge >= 0.3 is 0 Å². The Kier molecular flexibility index (Phi) is 4.98. The maximum atomic E-state index is 5.56. The molecule has 2 heterocycles. The summed E-state index contributed by atoms with van der Waals surface area (Å²) in [5, 5.41) is 4.26. The zero-order valence-electron chi connectivity index (χ0n) is 14.2. The lowest BCUT2D eigenvalue weighted by atomic mass is 10.0. The van der Waals surface area contributed by atoms with Crippen LogP contribution in [0.15, 0.2) is 30.6 Å². The highest BCUT2D eigenvalue weighted by Crippen LogP contribution is 2.28. The number of hydrogen-bond acceptors (Lipinski definition) is 4. The maximum absolute atomic E-state index is 5.56. The summed E-state index contributed by atoms with van der Waals surface area (Å²) in [6.45, 7) is 2.98. The largest absolute Gasteiger partial charge is 0.496 e. The Bertz CT molecular complexity index is 653. The Morgan fingerprint density at radius 2 is 2.13 bits per heavy atom. The molecule has 1 unspecified atom stereocenters. The molecule has 0 radical (unpaired) electrons. The summed E-state index contributed by atoms with van der Waals surface area (Å²) >= 11 is 0. The number of benzene rings is 1. The topological polar surface area (TPSA) is 39.5 Å². The van der Waals surface area contributed by atoms with E-state index in [-0.39, 0.29) is 0 Å². The van der Waals surface area contributed by atoms with Gasteiger partial charge in [0, 0.05) is 44.6 Å². The second-order valence-corrected chi connectivity index (χ2v) is 6.16. The average Bonchev–Trinajstić information content (AvgIpc) is 3.01. The molecule has 0 aliphatic carbocycles. The van der Waals surface area contributed by atoms with Gasteiger partial charge in [0.2, 0.25) is 0 Å². The molecule has 0 bridgehead atoms. The number of aryl methyl sites for hydroxylation is 1. The van der Waals surface area contributed by atoms with Crippen molar-refractivity contribution in [1.29, 1.82) is 0 Å². The van der Waals surface area contributed by atoms with E-state index in [4.69, 9.17) is 9.47 Å². The maximum Gasteiger partial charge on any atom is 0.123 e. The van der Waals surface area contributed by atoms with Gasteiger partial charge in [-0.1, -0.05) is 6.07 Å². The number of hydrogen-bond donors (Lipinski definition) is 0. The molecule has 2 aromatic rings. The minimum atomic E-state index is 0.344. The van der Waals surface area contributed by atoms with E-state index < -0.39 is 0 Å². The SMILES string of the molecule is COc1ccc(-c2cnn(C)c2)cc1CN1CCCC(OC)C1. The Hall–Kier alpha value is -1.85. The first-order valence-corrected chi connectivity index (χ1v) is 8.10. The summed E-state index contributed by atoms with van der Waals surface area (Å²) < 4.78 is 12.9. The first kappa shape index (κ1) is 16.0. The second-order valence-electron chi connectivity index (χ2n) is 6.16. The smallest absolute Gasteiger partial charge is 0.123 e. The second kappa shape index (κ2) is 7.15. The van der Waals surface area contributed by atoms with Crippen LogP contribution in [0, 0.1) is 0 Å². The van der Waals surface area contributed by atoms with Crippen LogP contribution in [0.4, 0.5) is 0 Å². The monoisotopic (exact) mass is 315 g/mol. The van der Waals surface area contributed by atoms with Crippen molar-refractivity contribution in [3.8, 4) is 16.9 Å². The van der Waals surface area contributed by atoms with Crippen molar-refractivity contribution in [2.24, 2.45) is 7.05 Å². The standard InChI is InChI=1S/C18H25N3O2/c1-20-11-16(10-19-20)14-6-7-18(23-3)15(9-14)12-21-8-4-5-17(13-21)22-2/h6-7,9-11,17H,4-5,8,12-13H2,1-3H3. The van der Waals surface area contributed by atoms with Gasteiger partial charge in [0.1, 0.15) is 5.75 Å². The Morgan fingerprint density at radius 3 is 2.83 bits per heavy atom. The molecule has 23 heavy (non-hydrogen) atoms. The number of piperidine rings is 1. The summed E-state index contributed by atoms with van der Waals surface area (Å²) in [5.74, 6) is 0.942. The van der Waals surface area contributed by atoms with Crippen LogP contribution in [0.1, 0.15) is 18.4 Å². The van der Waals surface area contributed by atoms with Gasteiger partial charge in [0.25, 0.3) is 0 Å². The van der Waals surface area contributed by atoms with E-state index in [2.05, 4.69) is 28.2 Å². The molecule has 0 spiro atoms. The third-order valence-corrected chi connectivity index (χ3v) is 4.51. The summed E-state index contributed by atoms with van der Waals surface area (Å²) in [7, 11) is 5.47. The van der Waals surface area contributed by atoms with E-state index in [0.29, 0.717) is 6.10 Å². The van der Waals surface area contributed by atoms with Crippen molar-refractivity contribution in [2.45, 2.75) is 25.5 Å². The van der Waals surface area contributed by atoms with E-state index in [9.17, 15) is 0 Å². The predicted octanol–water partition coefficient (Wildman–Crippen LogP) is 2.71. The van der Waals surface area contributed by atoms with Gasteiger partial charge in [0.05, 0.1) is 19.4 Å². The van der Waals surface area contributed by atoms with Gasteiger partial charge in [-0.2, -0.15) is 5.10 Å². The number of methoxy groups -OCH3 is 2. The lowest BCUT2D eigenvalue weighted by Crippen LogP contribution is -2.38. The fourth-order valence-corrected chi connectivity index (χ4v) is 3.24. The summed E-state index contributed by atoms with van der Waals surface area (Å²) in [6.07, 6.45) is 6.61. The van der Waals surface area contributed by atoms with E-state index in [0.717, 1.165) is 37.4 Å². The highest BCUT2D eigenvalue weighted by Gasteiger charge is 2.20. The Balaban J connectivity index is 1.82. The van der Waals surface area contributed by atoms with E-state index in [1.165, 1.54) is 17.5 Å². The van der Waals surface area contributed by atoms with Crippen molar-refractivity contribution >= 4 is 0 Å². The molecule has 1 fully saturated rings. The summed E-state index contributed by atoms with van der Waals surface area (Å²) in [6, 6.07) is 6.36. The van der Waals surface area contributed by atoms with Crippen LogP contribution in [0.25, 0.3) is 11.1 Å².